The predicted octanol–water partition coefficient (Wildman–Crippen LogP) is 6.31. The smallest absolute Gasteiger partial charge is 0.493 e. The summed E-state index contributed by atoms with van der Waals surface area (Å²) in [4.78, 5) is 21.0. The standard InChI is InChI=1S/C31H39N3O6/c1-3-36-31(35)40-29-26(18-22-10-5-4-6-11-22)39-30(34-29)28-21(2)27-24(13-7-14-25(27)38-28)37-17-9-16-33-20-23-12-8-15-32-19-23/h7-8,12-15,19,22,26,29,33H,3-6,9-11,16-18,20H2,1-2H3/t26-,29-/m1/s1. The molecule has 9 heteroatoms. The second kappa shape index (κ2) is 13.7. The first-order valence-corrected chi connectivity index (χ1v) is 14.4. The van der Waals surface area contributed by atoms with E-state index in [1.54, 1.807) is 13.1 Å². The topological polar surface area (TPSA) is 104 Å². The third-order valence-electron chi connectivity index (χ3n) is 7.51. The van der Waals surface area contributed by atoms with Crippen LogP contribution in [-0.4, -0.2) is 49.1 Å². The van der Waals surface area contributed by atoms with E-state index in [0.717, 1.165) is 61.0 Å². The molecule has 2 aliphatic rings. The van der Waals surface area contributed by atoms with Crippen molar-refractivity contribution in [1.82, 2.24) is 10.3 Å². The number of furan rings is 1. The first kappa shape index (κ1) is 28.0. The van der Waals surface area contributed by atoms with Gasteiger partial charge in [0.25, 0.3) is 5.90 Å². The number of carbonyl (C=O) groups is 1. The average Bonchev–Trinajstić information content (AvgIpc) is 3.52. The van der Waals surface area contributed by atoms with Gasteiger partial charge in [0.05, 0.1) is 18.6 Å². The van der Waals surface area contributed by atoms with Gasteiger partial charge in [-0.2, -0.15) is 0 Å². The van der Waals surface area contributed by atoms with Gasteiger partial charge in [-0.1, -0.05) is 44.2 Å². The van der Waals surface area contributed by atoms with Crippen molar-refractivity contribution in [3.63, 3.8) is 0 Å². The third-order valence-corrected chi connectivity index (χ3v) is 7.51. The maximum Gasteiger partial charge on any atom is 0.510 e. The number of aliphatic imine (C=N–C) groups is 1. The van der Waals surface area contributed by atoms with Crippen molar-refractivity contribution in [3.05, 3.63) is 59.6 Å². The molecule has 3 aromatic rings. The van der Waals surface area contributed by atoms with E-state index in [2.05, 4.69) is 21.4 Å². The van der Waals surface area contributed by atoms with Gasteiger partial charge >= 0.3 is 6.16 Å². The fourth-order valence-corrected chi connectivity index (χ4v) is 5.52. The molecule has 2 atom stereocenters. The van der Waals surface area contributed by atoms with Gasteiger partial charge in [0, 0.05) is 24.5 Å². The van der Waals surface area contributed by atoms with Crippen LogP contribution < -0.4 is 10.1 Å². The van der Waals surface area contributed by atoms with Crippen molar-refractivity contribution in [1.29, 1.82) is 0 Å². The van der Waals surface area contributed by atoms with Gasteiger partial charge in [0.1, 0.15) is 11.3 Å². The molecule has 40 heavy (non-hydrogen) atoms. The number of hydrogen-bond acceptors (Lipinski definition) is 9. The number of nitrogens with zero attached hydrogens (tertiary/aromatic N) is 2. The van der Waals surface area contributed by atoms with Gasteiger partial charge < -0.3 is 28.7 Å². The normalized spacial score (nSPS) is 19.3. The van der Waals surface area contributed by atoms with E-state index in [0.29, 0.717) is 29.8 Å². The van der Waals surface area contributed by atoms with E-state index in [1.807, 2.05) is 37.4 Å². The molecule has 0 unspecified atom stereocenters. The largest absolute Gasteiger partial charge is 0.510 e. The first-order valence-electron chi connectivity index (χ1n) is 14.4. The molecule has 2 aromatic heterocycles. The summed E-state index contributed by atoms with van der Waals surface area (Å²) in [6.07, 6.45) is 9.44. The summed E-state index contributed by atoms with van der Waals surface area (Å²) < 4.78 is 29.3. The van der Waals surface area contributed by atoms with E-state index in [-0.39, 0.29) is 12.7 Å². The Hall–Kier alpha value is -3.59. The SMILES string of the molecule is CCOC(=O)O[C@H]1N=C(c2oc3cccc(OCCCNCc4cccnc4)c3c2C)O[C@@H]1CC1CCCCC1. The Bertz CT molecular complexity index is 1280. The minimum Gasteiger partial charge on any atom is -0.493 e. The Kier molecular flexibility index (Phi) is 9.54. The molecule has 1 aromatic carbocycles. The monoisotopic (exact) mass is 549 g/mol. The van der Waals surface area contributed by atoms with Crippen LogP contribution in [0.15, 0.2) is 52.1 Å². The van der Waals surface area contributed by atoms with E-state index >= 15 is 0 Å². The summed E-state index contributed by atoms with van der Waals surface area (Å²) in [5, 5.41) is 4.31. The molecule has 1 aliphatic carbocycles. The van der Waals surface area contributed by atoms with Crippen molar-refractivity contribution < 1.29 is 28.2 Å². The van der Waals surface area contributed by atoms with Crippen LogP contribution in [0.5, 0.6) is 5.75 Å². The number of pyridine rings is 1. The number of hydrogen-bond donors (Lipinski definition) is 1. The zero-order chi connectivity index (χ0) is 27.7. The molecule has 0 spiro atoms. The highest BCUT2D eigenvalue weighted by atomic mass is 16.7. The number of rotatable bonds is 12. The van der Waals surface area contributed by atoms with Crippen LogP contribution in [-0.2, 0) is 20.8 Å². The van der Waals surface area contributed by atoms with Gasteiger partial charge in [-0.25, -0.2) is 9.79 Å². The summed E-state index contributed by atoms with van der Waals surface area (Å²) >= 11 is 0. The zero-order valence-electron chi connectivity index (χ0n) is 23.4. The minimum absolute atomic E-state index is 0.238. The fraction of sp³-hybridized carbons (Fsp3) is 0.516. The molecule has 0 bridgehead atoms. The van der Waals surface area contributed by atoms with Gasteiger partial charge in [0.2, 0.25) is 6.23 Å². The second-order valence-electron chi connectivity index (χ2n) is 10.4. The number of nitrogens with one attached hydrogen (secondary N) is 1. The molecule has 5 rings (SSSR count). The number of benzene rings is 1. The van der Waals surface area contributed by atoms with Crippen LogP contribution in [0.4, 0.5) is 4.79 Å². The number of ether oxygens (including phenoxy) is 4. The number of fused-ring (bicyclic) bond motifs is 1. The molecule has 3 heterocycles. The van der Waals surface area contributed by atoms with Crippen LogP contribution in [0, 0.1) is 12.8 Å². The van der Waals surface area contributed by atoms with Crippen molar-refractivity contribution in [2.45, 2.75) is 77.7 Å². The fourth-order valence-electron chi connectivity index (χ4n) is 5.52. The van der Waals surface area contributed by atoms with E-state index in [1.165, 1.54) is 19.3 Å². The average molecular weight is 550 g/mol. The van der Waals surface area contributed by atoms with Crippen LogP contribution >= 0.6 is 0 Å². The van der Waals surface area contributed by atoms with Crippen LogP contribution in [0.3, 0.4) is 0 Å². The maximum atomic E-state index is 12.2. The lowest BCUT2D eigenvalue weighted by atomic mass is 9.85. The lowest BCUT2D eigenvalue weighted by Gasteiger charge is -2.26. The highest BCUT2D eigenvalue weighted by molar-refractivity contribution is 6.01. The molecule has 1 saturated carbocycles. The Morgan fingerprint density at radius 3 is 2.83 bits per heavy atom. The molecule has 0 saturated heterocycles. The van der Waals surface area contributed by atoms with Crippen molar-refractivity contribution >= 4 is 23.0 Å². The third kappa shape index (κ3) is 6.94. The zero-order valence-corrected chi connectivity index (χ0v) is 23.4. The Balaban J connectivity index is 1.25. The highest BCUT2D eigenvalue weighted by Crippen LogP contribution is 2.37. The number of carbonyl (C=O) groups excluding carboxylic acids is 1. The Morgan fingerprint density at radius 1 is 1.15 bits per heavy atom. The predicted molar refractivity (Wildman–Crippen MR) is 152 cm³/mol. The number of aromatic nitrogens is 1. The van der Waals surface area contributed by atoms with Crippen molar-refractivity contribution in [2.24, 2.45) is 10.9 Å². The molecule has 0 radical (unpaired) electrons. The second-order valence-corrected chi connectivity index (χ2v) is 10.4. The molecule has 1 N–H and O–H groups in total. The first-order chi connectivity index (χ1) is 19.6. The quantitative estimate of drug-likeness (QED) is 0.207. The van der Waals surface area contributed by atoms with Crippen LogP contribution in [0.1, 0.15) is 68.8 Å². The van der Waals surface area contributed by atoms with E-state index < -0.39 is 12.4 Å². The van der Waals surface area contributed by atoms with Crippen molar-refractivity contribution in [3.8, 4) is 5.75 Å². The van der Waals surface area contributed by atoms with Gasteiger partial charge in [0.15, 0.2) is 11.9 Å². The van der Waals surface area contributed by atoms with Gasteiger partial charge in [-0.3, -0.25) is 4.98 Å². The molecule has 1 aliphatic heterocycles. The molecular formula is C31H39N3O6. The summed E-state index contributed by atoms with van der Waals surface area (Å²) in [7, 11) is 0. The van der Waals surface area contributed by atoms with E-state index in [4.69, 9.17) is 23.4 Å². The molecule has 214 valence electrons. The van der Waals surface area contributed by atoms with Gasteiger partial charge in [-0.05, 0) is 62.9 Å². The maximum absolute atomic E-state index is 12.2. The molecule has 0 amide bonds. The molecular weight excluding hydrogens is 510 g/mol. The Morgan fingerprint density at radius 2 is 2.02 bits per heavy atom. The lowest BCUT2D eigenvalue weighted by molar-refractivity contribution is -0.0140. The van der Waals surface area contributed by atoms with Crippen molar-refractivity contribution in [2.75, 3.05) is 19.8 Å². The summed E-state index contributed by atoms with van der Waals surface area (Å²) in [5.41, 5.74) is 2.74. The van der Waals surface area contributed by atoms with Crippen LogP contribution in [0.25, 0.3) is 11.0 Å². The van der Waals surface area contributed by atoms with E-state index in [9.17, 15) is 4.79 Å². The highest BCUT2D eigenvalue weighted by Gasteiger charge is 2.39. The molecule has 9 nitrogen and oxygen atoms in total. The Labute approximate surface area is 235 Å². The lowest BCUT2D eigenvalue weighted by Crippen LogP contribution is -2.30. The molecule has 1 fully saturated rings. The number of aryl methyl sites for hydroxylation is 1. The summed E-state index contributed by atoms with van der Waals surface area (Å²) in [6, 6.07) is 9.78. The summed E-state index contributed by atoms with van der Waals surface area (Å²) in [6.45, 7) is 6.13. The minimum atomic E-state index is -0.765. The summed E-state index contributed by atoms with van der Waals surface area (Å²) in [5.74, 6) is 2.17. The van der Waals surface area contributed by atoms with Gasteiger partial charge in [-0.15, -0.1) is 0 Å². The van der Waals surface area contributed by atoms with Crippen LogP contribution in [0.2, 0.25) is 0 Å².